The Kier molecular flexibility index (Phi) is 4.88. The largest absolute Gasteiger partial charge is 0.410 e. The molecule has 2 unspecified atom stereocenters. The molecule has 176 valence electrons. The minimum Gasteiger partial charge on any atom is -0.363 e. The molecule has 5 aliphatic rings. The molecule has 4 bridgehead atoms. The van der Waals surface area contributed by atoms with E-state index in [-0.39, 0.29) is 29.0 Å². The highest BCUT2D eigenvalue weighted by Gasteiger charge is 2.52. The van der Waals surface area contributed by atoms with E-state index in [4.69, 9.17) is 11.6 Å². The summed E-state index contributed by atoms with van der Waals surface area (Å²) in [5, 5.41) is 7.72. The van der Waals surface area contributed by atoms with Gasteiger partial charge >= 0.3 is 6.18 Å². The van der Waals surface area contributed by atoms with Gasteiger partial charge in [0.25, 0.3) is 0 Å². The summed E-state index contributed by atoms with van der Waals surface area (Å²) in [5.41, 5.74) is 0.973. The van der Waals surface area contributed by atoms with Crippen LogP contribution in [0, 0.1) is 23.2 Å². The van der Waals surface area contributed by atoms with Crippen molar-refractivity contribution in [1.82, 2.24) is 9.78 Å². The molecule has 0 spiro atoms. The van der Waals surface area contributed by atoms with Gasteiger partial charge in [0.2, 0.25) is 0 Å². The zero-order chi connectivity index (χ0) is 23.0. The molecule has 0 amide bonds. The number of hydrogen-bond donors (Lipinski definition) is 1. The van der Waals surface area contributed by atoms with E-state index in [0.29, 0.717) is 34.8 Å². The molecule has 2 heterocycles. The quantitative estimate of drug-likeness (QED) is 0.483. The number of ketones is 1. The van der Waals surface area contributed by atoms with Crippen LogP contribution in [0.15, 0.2) is 30.5 Å². The molecule has 4 fully saturated rings. The van der Waals surface area contributed by atoms with Gasteiger partial charge in [-0.15, -0.1) is 0 Å². The van der Waals surface area contributed by atoms with Gasteiger partial charge in [-0.05, 0) is 79.4 Å². The maximum Gasteiger partial charge on any atom is 0.410 e. The summed E-state index contributed by atoms with van der Waals surface area (Å²) < 4.78 is 42.9. The normalized spacial score (nSPS) is 34.7. The molecule has 8 heteroatoms. The van der Waals surface area contributed by atoms with Crippen molar-refractivity contribution in [2.45, 2.75) is 69.6 Å². The summed E-state index contributed by atoms with van der Waals surface area (Å²) in [4.78, 5) is 13.5. The third-order valence-electron chi connectivity index (χ3n) is 8.49. The molecular formula is C25H27ClF3N3O. The van der Waals surface area contributed by atoms with Crippen molar-refractivity contribution < 1.29 is 18.0 Å². The topological polar surface area (TPSA) is 46.9 Å². The van der Waals surface area contributed by atoms with Gasteiger partial charge in [-0.2, -0.15) is 18.3 Å². The molecule has 0 radical (unpaired) electrons. The number of alkyl halides is 3. The first-order valence-electron chi connectivity index (χ1n) is 11.9. The number of fused-ring (bicyclic) bond motifs is 1. The van der Waals surface area contributed by atoms with E-state index in [1.807, 2.05) is 0 Å². The fraction of sp³-hybridized carbons (Fsp3) is 0.600. The minimum atomic E-state index is -4.47. The highest BCUT2D eigenvalue weighted by molar-refractivity contribution is 6.30. The predicted octanol–water partition coefficient (Wildman–Crippen LogP) is 6.99. The smallest absolute Gasteiger partial charge is 0.363 e. The van der Waals surface area contributed by atoms with Crippen LogP contribution in [0.4, 0.5) is 19.0 Å². The molecule has 7 rings (SSSR count). The second-order valence-corrected chi connectivity index (χ2v) is 11.4. The Bertz CT molecular complexity index is 1060. The number of halogens is 4. The number of Topliss-reactive ketones (excluding diaryl/α,β-unsaturated/α-hetero) is 1. The number of anilines is 1. The summed E-state index contributed by atoms with van der Waals surface area (Å²) in [6.45, 7) is 0. The summed E-state index contributed by atoms with van der Waals surface area (Å²) in [7, 11) is 0. The maximum absolute atomic E-state index is 14.0. The summed E-state index contributed by atoms with van der Waals surface area (Å²) in [6.07, 6.45) is 4.17. The van der Waals surface area contributed by atoms with E-state index in [1.165, 1.54) is 25.5 Å². The van der Waals surface area contributed by atoms with E-state index < -0.39 is 18.3 Å². The second-order valence-electron chi connectivity index (χ2n) is 10.9. The van der Waals surface area contributed by atoms with Crippen molar-refractivity contribution >= 4 is 23.2 Å². The number of aromatic nitrogens is 2. The Hall–Kier alpha value is -2.02. The lowest BCUT2D eigenvalue weighted by Crippen LogP contribution is -2.46. The van der Waals surface area contributed by atoms with E-state index in [9.17, 15) is 18.0 Å². The SMILES string of the molecule is O=C(CC12CC3CC(CC(C3)C1)C2)c1cnn2c1NC(c1cccc(Cl)c1)CC2C(F)(F)F. The third kappa shape index (κ3) is 3.76. The number of nitrogens with zero attached hydrogens (tertiary/aromatic N) is 2. The fourth-order valence-corrected chi connectivity index (χ4v) is 7.85. The number of rotatable bonds is 4. The van der Waals surface area contributed by atoms with E-state index in [2.05, 4.69) is 10.4 Å². The average Bonchev–Trinajstić information content (AvgIpc) is 3.15. The van der Waals surface area contributed by atoms with E-state index >= 15 is 0 Å². The van der Waals surface area contributed by atoms with Crippen LogP contribution >= 0.6 is 11.6 Å². The summed E-state index contributed by atoms with van der Waals surface area (Å²) >= 11 is 6.10. The zero-order valence-electron chi connectivity index (χ0n) is 18.2. The standard InChI is InChI=1S/C25H27ClF3N3O/c26-18-3-1-2-17(7-18)20-8-22(25(27,28)29)32-23(31-20)19(13-30-32)21(33)12-24-9-14-4-15(10-24)6-16(5-14)11-24/h1-3,7,13-16,20,22,31H,4-6,8-12H2. The minimum absolute atomic E-state index is 0.0190. The van der Waals surface area contributed by atoms with Gasteiger partial charge in [-0.25, -0.2) is 4.68 Å². The number of hydrogen-bond acceptors (Lipinski definition) is 3. The van der Waals surface area contributed by atoms with Crippen LogP contribution in [0.3, 0.4) is 0 Å². The Morgan fingerprint density at radius 2 is 1.79 bits per heavy atom. The van der Waals surface area contributed by atoms with Crippen LogP contribution in [0.25, 0.3) is 0 Å². The molecule has 4 saturated carbocycles. The third-order valence-corrected chi connectivity index (χ3v) is 8.73. The van der Waals surface area contributed by atoms with Gasteiger partial charge in [-0.3, -0.25) is 4.79 Å². The van der Waals surface area contributed by atoms with Crippen LogP contribution in [0.2, 0.25) is 5.02 Å². The monoisotopic (exact) mass is 477 g/mol. The first kappa shape index (κ1) is 21.5. The number of nitrogens with one attached hydrogen (secondary N) is 1. The van der Waals surface area contributed by atoms with Gasteiger partial charge in [-0.1, -0.05) is 23.7 Å². The Labute approximate surface area is 195 Å². The average molecular weight is 478 g/mol. The lowest BCUT2D eigenvalue weighted by atomic mass is 9.48. The van der Waals surface area contributed by atoms with Gasteiger partial charge in [0.05, 0.1) is 17.8 Å². The van der Waals surface area contributed by atoms with E-state index in [0.717, 1.165) is 23.9 Å². The fourth-order valence-electron chi connectivity index (χ4n) is 7.65. The Morgan fingerprint density at radius 1 is 1.12 bits per heavy atom. The second kappa shape index (κ2) is 7.49. The van der Waals surface area contributed by atoms with Crippen molar-refractivity contribution in [3.63, 3.8) is 0 Å². The lowest BCUT2D eigenvalue weighted by molar-refractivity contribution is -0.173. The van der Waals surface area contributed by atoms with Crippen LogP contribution in [0.1, 0.15) is 79.4 Å². The zero-order valence-corrected chi connectivity index (χ0v) is 19.0. The number of carbonyl (C=O) groups is 1. The van der Waals surface area contributed by atoms with Crippen LogP contribution < -0.4 is 5.32 Å². The van der Waals surface area contributed by atoms with Gasteiger partial charge in [0, 0.05) is 17.9 Å². The van der Waals surface area contributed by atoms with Gasteiger partial charge in [0.1, 0.15) is 5.82 Å². The highest BCUT2D eigenvalue weighted by Crippen LogP contribution is 2.61. The van der Waals surface area contributed by atoms with Gasteiger partial charge < -0.3 is 5.32 Å². The molecule has 1 N–H and O–H groups in total. The molecule has 4 aliphatic carbocycles. The molecule has 1 aromatic heterocycles. The molecule has 33 heavy (non-hydrogen) atoms. The Balaban J connectivity index is 1.32. The first-order valence-corrected chi connectivity index (χ1v) is 12.3. The van der Waals surface area contributed by atoms with Crippen molar-refractivity contribution in [2.24, 2.45) is 23.2 Å². The summed E-state index contributed by atoms with van der Waals surface area (Å²) in [6, 6.07) is 4.46. The number of carbonyl (C=O) groups excluding carboxylic acids is 1. The summed E-state index contributed by atoms with van der Waals surface area (Å²) in [5.74, 6) is 2.24. The lowest BCUT2D eigenvalue weighted by Gasteiger charge is -2.56. The van der Waals surface area contributed by atoms with Crippen molar-refractivity contribution in [2.75, 3.05) is 5.32 Å². The van der Waals surface area contributed by atoms with Crippen molar-refractivity contribution in [1.29, 1.82) is 0 Å². The molecule has 4 nitrogen and oxygen atoms in total. The highest BCUT2D eigenvalue weighted by atomic mass is 35.5. The molecule has 2 aromatic rings. The van der Waals surface area contributed by atoms with Crippen LogP contribution in [-0.4, -0.2) is 21.7 Å². The number of benzene rings is 1. The molecule has 1 aliphatic heterocycles. The molecule has 2 atom stereocenters. The molecule has 1 aromatic carbocycles. The van der Waals surface area contributed by atoms with E-state index in [1.54, 1.807) is 24.3 Å². The maximum atomic E-state index is 14.0. The van der Waals surface area contributed by atoms with Crippen molar-refractivity contribution in [3.05, 3.63) is 46.6 Å². The Morgan fingerprint density at radius 3 is 2.39 bits per heavy atom. The van der Waals surface area contributed by atoms with Crippen LogP contribution in [-0.2, 0) is 0 Å². The van der Waals surface area contributed by atoms with Crippen LogP contribution in [0.5, 0.6) is 0 Å². The molecular weight excluding hydrogens is 451 g/mol. The first-order chi connectivity index (χ1) is 15.7. The van der Waals surface area contributed by atoms with Gasteiger partial charge in [0.15, 0.2) is 11.8 Å². The predicted molar refractivity (Wildman–Crippen MR) is 119 cm³/mol. The van der Waals surface area contributed by atoms with Crippen molar-refractivity contribution in [3.8, 4) is 0 Å². The molecule has 0 saturated heterocycles.